The molecule has 1 aromatic heterocycles. The maximum absolute atomic E-state index is 14.3. The summed E-state index contributed by atoms with van der Waals surface area (Å²) in [6.45, 7) is 2.95. The number of thiazole rings is 1. The fourth-order valence-corrected chi connectivity index (χ4v) is 4.10. The van der Waals surface area contributed by atoms with Gasteiger partial charge in [-0.25, -0.2) is 9.37 Å². The Hall–Kier alpha value is -3.87. The molecule has 180 valence electrons. The van der Waals surface area contributed by atoms with E-state index in [2.05, 4.69) is 11.1 Å². The highest BCUT2D eigenvalue weighted by Gasteiger charge is 2.20. The third-order valence-corrected chi connectivity index (χ3v) is 5.94. The minimum Gasteiger partial charge on any atom is -0.334 e. The first-order valence-corrected chi connectivity index (χ1v) is 11.8. The molecule has 1 heterocycles. The summed E-state index contributed by atoms with van der Waals surface area (Å²) in [4.78, 5) is 34.6. The number of halogens is 1. The van der Waals surface area contributed by atoms with Crippen molar-refractivity contribution in [1.82, 2.24) is 14.8 Å². The number of hydrogen-bond donors (Lipinski definition) is 0. The SMILES string of the molecule is CC(=O)N(c1nc(C=CC(=O)N(CCN(C)C)Cc2ccc(C#N)cc2)cs1)c1ccccc1F. The Bertz CT molecular complexity index is 1250. The van der Waals surface area contributed by atoms with Crippen LogP contribution in [0.4, 0.5) is 15.2 Å². The lowest BCUT2D eigenvalue weighted by Gasteiger charge is -2.23. The van der Waals surface area contributed by atoms with Gasteiger partial charge in [0.1, 0.15) is 5.82 Å². The number of carbonyl (C=O) groups excluding carboxylic acids is 2. The maximum atomic E-state index is 14.3. The number of para-hydroxylation sites is 1. The van der Waals surface area contributed by atoms with Crippen molar-refractivity contribution >= 4 is 40.0 Å². The fraction of sp³-hybridized carbons (Fsp3) is 0.231. The van der Waals surface area contributed by atoms with Crippen LogP contribution in [0.1, 0.15) is 23.7 Å². The molecule has 0 unspecified atom stereocenters. The molecule has 35 heavy (non-hydrogen) atoms. The molecular weight excluding hydrogens is 465 g/mol. The number of likely N-dealkylation sites (N-methyl/N-ethyl adjacent to an activating group) is 1. The van der Waals surface area contributed by atoms with Crippen LogP contribution in [-0.4, -0.2) is 53.8 Å². The maximum Gasteiger partial charge on any atom is 0.246 e. The van der Waals surface area contributed by atoms with Gasteiger partial charge in [-0.05, 0) is 50.0 Å². The molecule has 0 fully saturated rings. The summed E-state index contributed by atoms with van der Waals surface area (Å²) in [6, 6.07) is 15.2. The van der Waals surface area contributed by atoms with Crippen LogP contribution in [0.5, 0.6) is 0 Å². The zero-order valence-electron chi connectivity index (χ0n) is 19.8. The first-order chi connectivity index (χ1) is 16.8. The van der Waals surface area contributed by atoms with Crippen LogP contribution in [0, 0.1) is 17.1 Å². The van der Waals surface area contributed by atoms with Gasteiger partial charge in [0.15, 0.2) is 5.13 Å². The van der Waals surface area contributed by atoms with Gasteiger partial charge in [0.05, 0.1) is 23.0 Å². The van der Waals surface area contributed by atoms with Gasteiger partial charge in [0, 0.05) is 38.0 Å². The zero-order chi connectivity index (χ0) is 25.4. The summed E-state index contributed by atoms with van der Waals surface area (Å²) in [5.41, 5.74) is 2.10. The van der Waals surface area contributed by atoms with E-state index in [0.717, 1.165) is 5.56 Å². The molecule has 2 amide bonds. The fourth-order valence-electron chi connectivity index (χ4n) is 3.25. The average Bonchev–Trinajstić information content (AvgIpc) is 3.30. The first kappa shape index (κ1) is 25.7. The zero-order valence-corrected chi connectivity index (χ0v) is 20.6. The van der Waals surface area contributed by atoms with Crippen molar-refractivity contribution in [2.45, 2.75) is 13.5 Å². The molecule has 2 aromatic carbocycles. The normalized spacial score (nSPS) is 11.0. The lowest BCUT2D eigenvalue weighted by Crippen LogP contribution is -2.35. The van der Waals surface area contributed by atoms with Gasteiger partial charge in [0.25, 0.3) is 0 Å². The smallest absolute Gasteiger partial charge is 0.246 e. The highest BCUT2D eigenvalue weighted by atomic mass is 32.1. The van der Waals surface area contributed by atoms with Gasteiger partial charge in [-0.15, -0.1) is 11.3 Å². The van der Waals surface area contributed by atoms with Gasteiger partial charge in [-0.3, -0.25) is 14.5 Å². The predicted octanol–water partition coefficient (Wildman–Crippen LogP) is 4.44. The van der Waals surface area contributed by atoms with E-state index in [0.29, 0.717) is 36.0 Å². The third-order valence-electron chi connectivity index (χ3n) is 5.09. The Morgan fingerprint density at radius 3 is 2.46 bits per heavy atom. The van der Waals surface area contributed by atoms with Gasteiger partial charge in [-0.1, -0.05) is 24.3 Å². The Kier molecular flexibility index (Phi) is 8.84. The summed E-state index contributed by atoms with van der Waals surface area (Å²) in [6.07, 6.45) is 3.03. The summed E-state index contributed by atoms with van der Waals surface area (Å²) in [5, 5.41) is 11.0. The van der Waals surface area contributed by atoms with E-state index in [9.17, 15) is 14.0 Å². The topological polar surface area (TPSA) is 80.5 Å². The largest absolute Gasteiger partial charge is 0.334 e. The number of rotatable bonds is 9. The average molecular weight is 492 g/mol. The second-order valence-corrected chi connectivity index (χ2v) is 8.90. The molecule has 7 nitrogen and oxygen atoms in total. The molecule has 3 aromatic rings. The number of aromatic nitrogens is 1. The highest BCUT2D eigenvalue weighted by Crippen LogP contribution is 2.31. The molecule has 0 radical (unpaired) electrons. The number of nitrogens with zero attached hydrogens (tertiary/aromatic N) is 5. The number of nitriles is 1. The predicted molar refractivity (Wildman–Crippen MR) is 135 cm³/mol. The first-order valence-electron chi connectivity index (χ1n) is 10.9. The molecule has 9 heteroatoms. The number of carbonyl (C=O) groups is 2. The summed E-state index contributed by atoms with van der Waals surface area (Å²) < 4.78 is 14.3. The van der Waals surface area contributed by atoms with Crippen molar-refractivity contribution in [1.29, 1.82) is 5.26 Å². The lowest BCUT2D eigenvalue weighted by molar-refractivity contribution is -0.126. The second kappa shape index (κ2) is 12.0. The molecule has 0 N–H and O–H groups in total. The van der Waals surface area contributed by atoms with Crippen molar-refractivity contribution < 1.29 is 14.0 Å². The summed E-state index contributed by atoms with van der Waals surface area (Å²) in [7, 11) is 3.88. The molecule has 0 aliphatic carbocycles. The Morgan fingerprint density at radius 2 is 1.83 bits per heavy atom. The van der Waals surface area contributed by atoms with Crippen molar-refractivity contribution in [3.05, 3.63) is 82.6 Å². The monoisotopic (exact) mass is 491 g/mol. The quantitative estimate of drug-likeness (QED) is 0.414. The minimum atomic E-state index is -0.524. The highest BCUT2D eigenvalue weighted by molar-refractivity contribution is 7.14. The molecule has 0 spiro atoms. The molecule has 0 saturated heterocycles. The van der Waals surface area contributed by atoms with E-state index in [-0.39, 0.29) is 17.5 Å². The van der Waals surface area contributed by atoms with E-state index >= 15 is 0 Å². The lowest BCUT2D eigenvalue weighted by atomic mass is 10.1. The molecular formula is C26H26FN5O2S. The molecule has 0 aliphatic rings. The Morgan fingerprint density at radius 1 is 1.11 bits per heavy atom. The molecule has 0 aliphatic heterocycles. The van der Waals surface area contributed by atoms with Gasteiger partial charge < -0.3 is 9.80 Å². The van der Waals surface area contributed by atoms with E-state index < -0.39 is 5.82 Å². The number of anilines is 2. The van der Waals surface area contributed by atoms with Crippen molar-refractivity contribution in [3.63, 3.8) is 0 Å². The van der Waals surface area contributed by atoms with Gasteiger partial charge in [-0.2, -0.15) is 5.26 Å². The minimum absolute atomic E-state index is 0.123. The van der Waals surface area contributed by atoms with Crippen LogP contribution in [0.3, 0.4) is 0 Å². The summed E-state index contributed by atoms with van der Waals surface area (Å²) in [5.74, 6) is -1.08. The van der Waals surface area contributed by atoms with Crippen LogP contribution in [0.2, 0.25) is 0 Å². The van der Waals surface area contributed by atoms with Crippen molar-refractivity contribution in [2.75, 3.05) is 32.1 Å². The molecule has 0 bridgehead atoms. The third kappa shape index (κ3) is 7.06. The van der Waals surface area contributed by atoms with E-state index in [1.165, 1.54) is 41.4 Å². The van der Waals surface area contributed by atoms with Gasteiger partial charge >= 0.3 is 0 Å². The van der Waals surface area contributed by atoms with E-state index in [4.69, 9.17) is 5.26 Å². The van der Waals surface area contributed by atoms with Crippen LogP contribution in [0.15, 0.2) is 60.0 Å². The van der Waals surface area contributed by atoms with Crippen LogP contribution in [0.25, 0.3) is 6.08 Å². The second-order valence-electron chi connectivity index (χ2n) is 8.07. The Labute approximate surface area is 208 Å². The van der Waals surface area contributed by atoms with E-state index in [1.807, 2.05) is 31.1 Å². The number of hydrogen-bond acceptors (Lipinski definition) is 6. The van der Waals surface area contributed by atoms with Crippen molar-refractivity contribution in [3.8, 4) is 6.07 Å². The standard InChI is InChI=1S/C26H26FN5O2S/c1-19(33)32(24-7-5-4-6-23(24)27)26-29-22(18-35-26)12-13-25(34)31(15-14-30(2)3)17-21-10-8-20(16-28)9-11-21/h4-13,18H,14-15,17H2,1-3H3. The van der Waals surface area contributed by atoms with Crippen LogP contribution < -0.4 is 4.90 Å². The van der Waals surface area contributed by atoms with Crippen LogP contribution in [-0.2, 0) is 16.1 Å². The van der Waals surface area contributed by atoms with E-state index in [1.54, 1.807) is 40.6 Å². The van der Waals surface area contributed by atoms with Crippen LogP contribution >= 0.6 is 11.3 Å². The summed E-state index contributed by atoms with van der Waals surface area (Å²) >= 11 is 1.19. The number of amides is 2. The number of benzene rings is 2. The van der Waals surface area contributed by atoms with Crippen molar-refractivity contribution in [2.24, 2.45) is 0 Å². The molecule has 0 atom stereocenters. The van der Waals surface area contributed by atoms with Gasteiger partial charge in [0.2, 0.25) is 11.8 Å². The molecule has 0 saturated carbocycles. The molecule has 3 rings (SSSR count). The Balaban J connectivity index is 1.77.